The maximum atomic E-state index is 5.70. The van der Waals surface area contributed by atoms with Gasteiger partial charge in [-0.3, -0.25) is 4.98 Å². The summed E-state index contributed by atoms with van der Waals surface area (Å²) in [6.45, 7) is 4.17. The summed E-state index contributed by atoms with van der Waals surface area (Å²) in [6, 6.07) is 0. The minimum Gasteiger partial charge on any atom is -0.480 e. The molecule has 2 unspecified atom stereocenters. The molecule has 0 saturated carbocycles. The highest BCUT2D eigenvalue weighted by Gasteiger charge is 2.19. The van der Waals surface area contributed by atoms with Crippen molar-refractivity contribution in [3.05, 3.63) is 12.4 Å². The first-order chi connectivity index (χ1) is 8.28. The fraction of sp³-hybridized carbons (Fsp3) is 0.636. The monoisotopic (exact) mass is 239 g/mol. The highest BCUT2D eigenvalue weighted by Crippen LogP contribution is 2.11. The summed E-state index contributed by atoms with van der Waals surface area (Å²) < 4.78 is 16.2. The number of morpholine rings is 1. The molecule has 0 radical (unpaired) electrons. The van der Waals surface area contributed by atoms with Crippen molar-refractivity contribution in [2.75, 3.05) is 26.8 Å². The molecule has 1 aliphatic rings. The lowest BCUT2D eigenvalue weighted by molar-refractivity contribution is -0.0477. The maximum Gasteiger partial charge on any atom is 0.235 e. The Labute approximate surface area is 100 Å². The van der Waals surface area contributed by atoms with E-state index in [2.05, 4.69) is 15.3 Å². The molecule has 2 rings (SSSR count). The van der Waals surface area contributed by atoms with E-state index in [4.69, 9.17) is 14.2 Å². The molecule has 1 aliphatic heterocycles. The molecule has 6 nitrogen and oxygen atoms in total. The van der Waals surface area contributed by atoms with E-state index in [0.717, 1.165) is 13.1 Å². The number of methoxy groups -OCH3 is 1. The molecule has 94 valence electrons. The third-order valence-corrected chi connectivity index (χ3v) is 2.45. The van der Waals surface area contributed by atoms with Gasteiger partial charge < -0.3 is 19.5 Å². The van der Waals surface area contributed by atoms with Crippen LogP contribution in [-0.2, 0) is 4.74 Å². The van der Waals surface area contributed by atoms with Gasteiger partial charge in [0.05, 0.1) is 25.6 Å². The third-order valence-electron chi connectivity index (χ3n) is 2.45. The maximum absolute atomic E-state index is 5.70. The van der Waals surface area contributed by atoms with Crippen LogP contribution in [0.25, 0.3) is 0 Å². The minimum absolute atomic E-state index is 0.0479. The Morgan fingerprint density at radius 1 is 1.41 bits per heavy atom. The molecule has 2 heterocycles. The molecule has 1 aromatic rings. The first-order valence-corrected chi connectivity index (χ1v) is 5.63. The lowest BCUT2D eigenvalue weighted by atomic mass is 10.2. The van der Waals surface area contributed by atoms with Crippen molar-refractivity contribution < 1.29 is 14.2 Å². The van der Waals surface area contributed by atoms with Crippen molar-refractivity contribution in [2.45, 2.75) is 19.1 Å². The molecule has 1 aromatic heterocycles. The van der Waals surface area contributed by atoms with Crippen LogP contribution >= 0.6 is 0 Å². The van der Waals surface area contributed by atoms with Crippen LogP contribution < -0.4 is 14.8 Å². The number of aromatic nitrogens is 2. The van der Waals surface area contributed by atoms with Crippen molar-refractivity contribution in [3.8, 4) is 11.8 Å². The van der Waals surface area contributed by atoms with Crippen LogP contribution in [0.3, 0.4) is 0 Å². The summed E-state index contributed by atoms with van der Waals surface area (Å²) >= 11 is 0. The second kappa shape index (κ2) is 5.79. The van der Waals surface area contributed by atoms with E-state index in [1.807, 2.05) is 6.92 Å². The standard InChI is InChI=1S/C11H17N3O3/c1-8-3-12-4-9(17-8)7-16-11-6-13-5-10(14-11)15-2/h5-6,8-9,12H,3-4,7H2,1-2H3. The van der Waals surface area contributed by atoms with Gasteiger partial charge in [0, 0.05) is 13.1 Å². The van der Waals surface area contributed by atoms with Crippen molar-refractivity contribution in [3.63, 3.8) is 0 Å². The topological polar surface area (TPSA) is 65.5 Å². The Morgan fingerprint density at radius 2 is 2.24 bits per heavy atom. The molecule has 0 spiro atoms. The van der Waals surface area contributed by atoms with Gasteiger partial charge in [-0.2, -0.15) is 4.98 Å². The van der Waals surface area contributed by atoms with Gasteiger partial charge in [0.1, 0.15) is 12.7 Å². The Balaban J connectivity index is 1.84. The first kappa shape index (κ1) is 12.1. The Hall–Kier alpha value is -1.40. The zero-order chi connectivity index (χ0) is 12.1. The predicted octanol–water partition coefficient (Wildman–Crippen LogP) is 0.241. The second-order valence-corrected chi connectivity index (χ2v) is 3.94. The molecule has 1 N–H and O–H groups in total. The smallest absolute Gasteiger partial charge is 0.235 e. The van der Waals surface area contributed by atoms with Crippen LogP contribution in [0.1, 0.15) is 6.92 Å². The molecule has 1 fully saturated rings. The molecule has 1 saturated heterocycles. The molecular formula is C11H17N3O3. The number of rotatable bonds is 4. The average Bonchev–Trinajstić information content (AvgIpc) is 2.37. The first-order valence-electron chi connectivity index (χ1n) is 5.63. The van der Waals surface area contributed by atoms with E-state index in [1.165, 1.54) is 6.20 Å². The normalized spacial score (nSPS) is 24.4. The van der Waals surface area contributed by atoms with E-state index in [0.29, 0.717) is 18.4 Å². The van der Waals surface area contributed by atoms with Crippen LogP contribution in [0.2, 0.25) is 0 Å². The number of hydrogen-bond acceptors (Lipinski definition) is 6. The van der Waals surface area contributed by atoms with E-state index >= 15 is 0 Å². The lowest BCUT2D eigenvalue weighted by Gasteiger charge is -2.28. The lowest BCUT2D eigenvalue weighted by Crippen LogP contribution is -2.45. The van der Waals surface area contributed by atoms with Gasteiger partial charge in [0.15, 0.2) is 0 Å². The van der Waals surface area contributed by atoms with Crippen LogP contribution in [0.15, 0.2) is 12.4 Å². The van der Waals surface area contributed by atoms with Gasteiger partial charge in [0.2, 0.25) is 11.8 Å². The number of nitrogens with one attached hydrogen (secondary N) is 1. The van der Waals surface area contributed by atoms with E-state index in [-0.39, 0.29) is 12.2 Å². The fourth-order valence-electron chi connectivity index (χ4n) is 1.65. The summed E-state index contributed by atoms with van der Waals surface area (Å²) in [5.74, 6) is 0.893. The summed E-state index contributed by atoms with van der Waals surface area (Å²) in [6.07, 6.45) is 3.36. The zero-order valence-corrected chi connectivity index (χ0v) is 10.0. The molecule has 2 atom stereocenters. The summed E-state index contributed by atoms with van der Waals surface area (Å²) in [5.41, 5.74) is 0. The van der Waals surface area contributed by atoms with Gasteiger partial charge in [0.25, 0.3) is 0 Å². The molecule has 0 aromatic carbocycles. The largest absolute Gasteiger partial charge is 0.480 e. The zero-order valence-electron chi connectivity index (χ0n) is 10.0. The average molecular weight is 239 g/mol. The molecule has 17 heavy (non-hydrogen) atoms. The molecule has 0 aliphatic carbocycles. The van der Waals surface area contributed by atoms with Crippen LogP contribution in [0.4, 0.5) is 0 Å². The Morgan fingerprint density at radius 3 is 3.00 bits per heavy atom. The molecule has 0 bridgehead atoms. The summed E-state index contributed by atoms with van der Waals surface area (Å²) in [5, 5.41) is 3.28. The molecule has 0 amide bonds. The predicted molar refractivity (Wildman–Crippen MR) is 61.3 cm³/mol. The highest BCUT2D eigenvalue weighted by atomic mass is 16.5. The van der Waals surface area contributed by atoms with Crippen molar-refractivity contribution >= 4 is 0 Å². The van der Waals surface area contributed by atoms with E-state index in [9.17, 15) is 0 Å². The van der Waals surface area contributed by atoms with Gasteiger partial charge in [-0.05, 0) is 6.92 Å². The number of hydrogen-bond donors (Lipinski definition) is 1. The minimum atomic E-state index is 0.0479. The van der Waals surface area contributed by atoms with E-state index < -0.39 is 0 Å². The molecule has 6 heteroatoms. The van der Waals surface area contributed by atoms with Gasteiger partial charge in [-0.15, -0.1) is 0 Å². The van der Waals surface area contributed by atoms with Gasteiger partial charge >= 0.3 is 0 Å². The third kappa shape index (κ3) is 3.54. The Bertz CT molecular complexity index is 362. The van der Waals surface area contributed by atoms with Crippen LogP contribution in [0, 0.1) is 0 Å². The van der Waals surface area contributed by atoms with Crippen LogP contribution in [0.5, 0.6) is 11.8 Å². The number of nitrogens with zero attached hydrogens (tertiary/aromatic N) is 2. The molecular weight excluding hydrogens is 222 g/mol. The van der Waals surface area contributed by atoms with Crippen molar-refractivity contribution in [2.24, 2.45) is 0 Å². The Kier molecular flexibility index (Phi) is 4.11. The van der Waals surface area contributed by atoms with Gasteiger partial charge in [-0.1, -0.05) is 0 Å². The van der Waals surface area contributed by atoms with Crippen LogP contribution in [-0.4, -0.2) is 49.0 Å². The summed E-state index contributed by atoms with van der Waals surface area (Å²) in [7, 11) is 1.55. The fourth-order valence-corrected chi connectivity index (χ4v) is 1.65. The second-order valence-electron chi connectivity index (χ2n) is 3.94. The quantitative estimate of drug-likeness (QED) is 0.812. The summed E-state index contributed by atoms with van der Waals surface area (Å²) in [4.78, 5) is 8.08. The van der Waals surface area contributed by atoms with Crippen molar-refractivity contribution in [1.29, 1.82) is 0 Å². The highest BCUT2D eigenvalue weighted by molar-refractivity contribution is 5.12. The van der Waals surface area contributed by atoms with E-state index in [1.54, 1.807) is 13.3 Å². The SMILES string of the molecule is COc1cncc(OCC2CNCC(C)O2)n1. The number of ether oxygens (including phenoxy) is 3. The van der Waals surface area contributed by atoms with Gasteiger partial charge in [-0.25, -0.2) is 0 Å². The van der Waals surface area contributed by atoms with Crippen molar-refractivity contribution in [1.82, 2.24) is 15.3 Å².